The van der Waals surface area contributed by atoms with Gasteiger partial charge in [0.1, 0.15) is 16.4 Å². The second kappa shape index (κ2) is 14.0. The van der Waals surface area contributed by atoms with Gasteiger partial charge in [-0.3, -0.25) is 14.4 Å². The molecular weight excluding hydrogens is 699 g/mol. The van der Waals surface area contributed by atoms with Crippen LogP contribution in [0.2, 0.25) is 0 Å². The summed E-state index contributed by atoms with van der Waals surface area (Å²) < 4.78 is 104. The molecule has 0 bridgehead atoms. The molecule has 1 aromatic heterocycles. The van der Waals surface area contributed by atoms with Gasteiger partial charge in [-0.15, -0.1) is 11.3 Å². The molecule has 1 unspecified atom stereocenters. The van der Waals surface area contributed by atoms with E-state index in [1.165, 1.54) is 24.1 Å². The summed E-state index contributed by atoms with van der Waals surface area (Å²) in [6.07, 6.45) is -8.70. The minimum absolute atomic E-state index is 0.0240. The van der Waals surface area contributed by atoms with Gasteiger partial charge in [0.25, 0.3) is 11.8 Å². The Morgan fingerprint density at radius 3 is 2.28 bits per heavy atom. The van der Waals surface area contributed by atoms with Crippen molar-refractivity contribution in [1.82, 2.24) is 4.90 Å². The fraction of sp³-hybridized carbons (Fsp3) is 0.273. The smallest absolute Gasteiger partial charge is 0.419 e. The average molecular weight is 726 g/mol. The highest BCUT2D eigenvalue weighted by molar-refractivity contribution is 7.21. The summed E-state index contributed by atoms with van der Waals surface area (Å²) in [5.74, 6) is -5.59. The SMILES string of the molecule is COC(=O)C(=O)N1CCCC(c2ccc(OC)c(C(=O)Nc3c(C(=O)Nc4ccc(F)c(C(F)(F)F)c4)sc4cc(C(F)(F)F)ccc34)c2)C1. The minimum atomic E-state index is -5.09. The lowest BCUT2D eigenvalue weighted by Crippen LogP contribution is -2.43. The summed E-state index contributed by atoms with van der Waals surface area (Å²) in [5.41, 5.74) is -2.86. The lowest BCUT2D eigenvalue weighted by Gasteiger charge is -2.32. The topological polar surface area (TPSA) is 114 Å². The number of ether oxygens (including phenoxy) is 2. The Kier molecular flexibility index (Phi) is 10.1. The van der Waals surface area contributed by atoms with Gasteiger partial charge in [-0.2, -0.15) is 26.3 Å². The molecule has 50 heavy (non-hydrogen) atoms. The minimum Gasteiger partial charge on any atom is -0.496 e. The third kappa shape index (κ3) is 7.51. The van der Waals surface area contributed by atoms with Crippen LogP contribution in [0.5, 0.6) is 5.75 Å². The zero-order chi connectivity index (χ0) is 36.5. The summed E-state index contributed by atoms with van der Waals surface area (Å²) in [7, 11) is 2.38. The van der Waals surface area contributed by atoms with E-state index in [1.54, 1.807) is 6.07 Å². The number of fused-ring (bicyclic) bond motifs is 1. The third-order valence-electron chi connectivity index (χ3n) is 8.00. The molecule has 1 fully saturated rings. The molecule has 1 saturated heterocycles. The van der Waals surface area contributed by atoms with Crippen LogP contribution in [0.1, 0.15) is 55.5 Å². The largest absolute Gasteiger partial charge is 0.496 e. The molecule has 4 aromatic rings. The van der Waals surface area contributed by atoms with Gasteiger partial charge < -0.3 is 25.0 Å². The number of nitrogens with one attached hydrogen (secondary N) is 2. The van der Waals surface area contributed by atoms with E-state index in [9.17, 15) is 49.9 Å². The predicted molar refractivity (Wildman–Crippen MR) is 168 cm³/mol. The molecule has 9 nitrogen and oxygen atoms in total. The van der Waals surface area contributed by atoms with Crippen molar-refractivity contribution in [3.05, 3.63) is 87.5 Å². The number of thiophene rings is 1. The van der Waals surface area contributed by atoms with E-state index in [2.05, 4.69) is 15.4 Å². The van der Waals surface area contributed by atoms with E-state index >= 15 is 0 Å². The maximum atomic E-state index is 13.9. The van der Waals surface area contributed by atoms with E-state index < -0.39 is 58.7 Å². The maximum absolute atomic E-state index is 13.9. The monoisotopic (exact) mass is 725 g/mol. The van der Waals surface area contributed by atoms with Crippen LogP contribution in [0.4, 0.5) is 42.1 Å². The molecule has 0 saturated carbocycles. The van der Waals surface area contributed by atoms with Crippen molar-refractivity contribution in [3.63, 3.8) is 0 Å². The van der Waals surface area contributed by atoms with E-state index in [-0.39, 0.29) is 44.4 Å². The van der Waals surface area contributed by atoms with Crippen LogP contribution in [-0.4, -0.2) is 55.9 Å². The van der Waals surface area contributed by atoms with Gasteiger partial charge >= 0.3 is 24.2 Å². The van der Waals surface area contributed by atoms with Gasteiger partial charge in [-0.25, -0.2) is 9.18 Å². The number of amides is 3. The van der Waals surface area contributed by atoms with Crippen molar-refractivity contribution in [1.29, 1.82) is 0 Å². The molecule has 1 atom stereocenters. The fourth-order valence-electron chi connectivity index (χ4n) is 5.55. The molecule has 2 N–H and O–H groups in total. The Labute approximate surface area is 282 Å². The molecule has 0 radical (unpaired) electrons. The molecule has 0 spiro atoms. The van der Waals surface area contributed by atoms with Gasteiger partial charge in [-0.1, -0.05) is 12.1 Å². The first-order valence-corrected chi connectivity index (χ1v) is 15.5. The third-order valence-corrected chi connectivity index (χ3v) is 9.15. The first kappa shape index (κ1) is 36.1. The number of esters is 1. The number of methoxy groups -OCH3 is 2. The molecule has 17 heteroatoms. The summed E-state index contributed by atoms with van der Waals surface area (Å²) >= 11 is 0.545. The second-order valence-corrected chi connectivity index (χ2v) is 12.2. The van der Waals surface area contributed by atoms with Crippen molar-refractivity contribution >= 4 is 56.5 Å². The number of halogens is 7. The number of nitrogens with zero attached hydrogens (tertiary/aromatic N) is 1. The molecular formula is C33H26F7N3O6S. The molecule has 3 aromatic carbocycles. The number of hydrogen-bond donors (Lipinski definition) is 2. The lowest BCUT2D eigenvalue weighted by molar-refractivity contribution is -0.158. The van der Waals surface area contributed by atoms with Gasteiger partial charge in [-0.05, 0) is 60.9 Å². The van der Waals surface area contributed by atoms with E-state index in [0.29, 0.717) is 48.4 Å². The highest BCUT2D eigenvalue weighted by Gasteiger charge is 2.35. The summed E-state index contributed by atoms with van der Waals surface area (Å²) in [5, 5.41) is 4.78. The van der Waals surface area contributed by atoms with E-state index in [0.717, 1.165) is 31.4 Å². The van der Waals surface area contributed by atoms with Gasteiger partial charge in [0.2, 0.25) is 0 Å². The molecule has 0 aliphatic carbocycles. The van der Waals surface area contributed by atoms with Crippen LogP contribution < -0.4 is 15.4 Å². The summed E-state index contributed by atoms with van der Waals surface area (Å²) in [6.45, 7) is 0.456. The van der Waals surface area contributed by atoms with Crippen molar-refractivity contribution < 1.29 is 59.4 Å². The quantitative estimate of drug-likeness (QED) is 0.121. The van der Waals surface area contributed by atoms with E-state index in [4.69, 9.17) is 4.74 Å². The Morgan fingerprint density at radius 2 is 1.62 bits per heavy atom. The zero-order valence-electron chi connectivity index (χ0n) is 26.1. The van der Waals surface area contributed by atoms with Crippen LogP contribution in [0.15, 0.2) is 54.6 Å². The van der Waals surface area contributed by atoms with Crippen molar-refractivity contribution in [2.75, 3.05) is 37.9 Å². The normalized spacial score (nSPS) is 15.1. The number of carbonyl (C=O) groups excluding carboxylic acids is 4. The van der Waals surface area contributed by atoms with Crippen LogP contribution in [0.3, 0.4) is 0 Å². The molecule has 264 valence electrons. The van der Waals surface area contributed by atoms with Crippen LogP contribution in [0, 0.1) is 5.82 Å². The first-order valence-electron chi connectivity index (χ1n) is 14.7. The molecule has 1 aliphatic heterocycles. The Hall–Kier alpha value is -5.19. The zero-order valence-corrected chi connectivity index (χ0v) is 26.9. The lowest BCUT2D eigenvalue weighted by atomic mass is 9.89. The highest BCUT2D eigenvalue weighted by Crippen LogP contribution is 2.41. The number of alkyl halides is 6. The number of anilines is 2. The molecule has 1 aliphatic rings. The summed E-state index contributed by atoms with van der Waals surface area (Å²) in [6, 6.07) is 8.93. The predicted octanol–water partition coefficient (Wildman–Crippen LogP) is 7.47. The Bertz CT molecular complexity index is 1990. The number of piperidine rings is 1. The number of carbonyl (C=O) groups is 4. The highest BCUT2D eigenvalue weighted by atomic mass is 32.1. The summed E-state index contributed by atoms with van der Waals surface area (Å²) in [4.78, 5) is 52.5. The standard InChI is InChI=1S/C33H26F7N3O6S/c1-48-24-10-5-16(17-4-3-11-43(15-17)30(46)31(47)49-2)12-21(24)28(44)42-26-20-8-6-18(32(35,36)37)13-25(20)50-27(26)29(45)41-19-7-9-23(34)22(14-19)33(38,39)40/h5-10,12-14,17H,3-4,11,15H2,1-2H3,(H,41,45)(H,42,44). The molecule has 5 rings (SSSR count). The first-order chi connectivity index (χ1) is 23.5. The van der Waals surface area contributed by atoms with Crippen LogP contribution in [0.25, 0.3) is 10.1 Å². The molecule has 2 heterocycles. The Balaban J connectivity index is 1.51. The number of likely N-dealkylation sites (tertiary alicyclic amines) is 1. The van der Waals surface area contributed by atoms with Gasteiger partial charge in [0, 0.05) is 34.8 Å². The molecule has 3 amide bonds. The number of benzene rings is 3. The van der Waals surface area contributed by atoms with Crippen molar-refractivity contribution in [3.8, 4) is 5.75 Å². The number of hydrogen-bond acceptors (Lipinski definition) is 7. The van der Waals surface area contributed by atoms with Gasteiger partial charge in [0.15, 0.2) is 0 Å². The van der Waals surface area contributed by atoms with Crippen LogP contribution >= 0.6 is 11.3 Å². The van der Waals surface area contributed by atoms with Crippen molar-refractivity contribution in [2.45, 2.75) is 31.1 Å². The average Bonchev–Trinajstić information content (AvgIpc) is 3.44. The van der Waals surface area contributed by atoms with E-state index in [1.807, 2.05) is 0 Å². The fourth-order valence-corrected chi connectivity index (χ4v) is 6.65. The van der Waals surface area contributed by atoms with Crippen LogP contribution in [-0.2, 0) is 26.7 Å². The number of rotatable bonds is 6. The van der Waals surface area contributed by atoms with Gasteiger partial charge in [0.05, 0.1) is 36.6 Å². The second-order valence-electron chi connectivity index (χ2n) is 11.2. The Morgan fingerprint density at radius 1 is 0.880 bits per heavy atom. The maximum Gasteiger partial charge on any atom is 0.419 e. The van der Waals surface area contributed by atoms with Crippen molar-refractivity contribution in [2.24, 2.45) is 0 Å².